The second-order valence-corrected chi connectivity index (χ2v) is 16.3. The van der Waals surface area contributed by atoms with Crippen molar-refractivity contribution in [3.05, 3.63) is 158 Å². The molecule has 0 heterocycles. The fourth-order valence-electron chi connectivity index (χ4n) is 6.33. The zero-order valence-electron chi connectivity index (χ0n) is 42.1. The second-order valence-electron chi connectivity index (χ2n) is 16.3. The molecule has 0 saturated heterocycles. The van der Waals surface area contributed by atoms with Crippen molar-refractivity contribution < 1.29 is 23.8 Å². The van der Waals surface area contributed by atoms with Crippen LogP contribution in [0, 0.1) is 0 Å². The highest BCUT2D eigenvalue weighted by atomic mass is 16.6. The molecule has 0 fully saturated rings. The summed E-state index contributed by atoms with van der Waals surface area (Å²) in [5.74, 6) is -0.597. The zero-order chi connectivity index (χ0) is 47.7. The Kier molecular flexibility index (Phi) is 51.1. The van der Waals surface area contributed by atoms with Crippen molar-refractivity contribution in [1.82, 2.24) is 0 Å². The zero-order valence-corrected chi connectivity index (χ0v) is 42.1. The standard InChI is InChI=1S/C61H94O5/c1-4-7-10-13-16-19-22-25-28-30-32-35-38-41-44-47-50-53-56-64-57-59(66-61(63)55-52-49-46-43-40-37-33-27-24-21-18-15-12-9-6-3)58-65-60(62)54-51-48-45-42-39-36-34-31-29-26-23-20-17-14-11-8-5-2/h7-12,16-21,25-29,32-36,40,43,49,52,59H,4-6,13-15,22-24,30-31,37-39,41-42,44-48,50-51,53-58H2,1-3H3/b10-7-,11-8-,12-9-,19-16-,20-17-,21-18-,28-25-,29-26-,33-27-,35-32-,36-34-,43-40-,52-49-. The smallest absolute Gasteiger partial charge is 0.310 e. The van der Waals surface area contributed by atoms with Crippen LogP contribution in [-0.4, -0.2) is 37.9 Å². The fraction of sp³-hybridized carbons (Fsp3) is 0.541. The topological polar surface area (TPSA) is 61.8 Å². The Balaban J connectivity index is 4.51. The summed E-state index contributed by atoms with van der Waals surface area (Å²) in [6.07, 6.45) is 81.3. The minimum Gasteiger partial charge on any atom is -0.462 e. The molecule has 0 amide bonds. The molecule has 1 atom stereocenters. The van der Waals surface area contributed by atoms with E-state index < -0.39 is 6.10 Å². The summed E-state index contributed by atoms with van der Waals surface area (Å²) < 4.78 is 17.3. The van der Waals surface area contributed by atoms with E-state index in [0.29, 0.717) is 13.0 Å². The Hall–Kier alpha value is -4.48. The van der Waals surface area contributed by atoms with Gasteiger partial charge in [0.1, 0.15) is 6.61 Å². The molecule has 0 aliphatic carbocycles. The van der Waals surface area contributed by atoms with Gasteiger partial charge in [-0.15, -0.1) is 0 Å². The molecule has 0 aromatic rings. The minimum atomic E-state index is -0.624. The van der Waals surface area contributed by atoms with E-state index in [9.17, 15) is 9.59 Å². The van der Waals surface area contributed by atoms with Gasteiger partial charge in [0.05, 0.1) is 13.0 Å². The van der Waals surface area contributed by atoms with E-state index in [1.807, 2.05) is 12.2 Å². The Morgan fingerprint density at radius 1 is 0.348 bits per heavy atom. The van der Waals surface area contributed by atoms with Gasteiger partial charge in [-0.25, -0.2) is 0 Å². The molecule has 5 heteroatoms. The van der Waals surface area contributed by atoms with E-state index in [1.54, 1.807) is 0 Å². The van der Waals surface area contributed by atoms with E-state index in [1.165, 1.54) is 19.3 Å². The number of carbonyl (C=O) groups excluding carboxylic acids is 2. The molecule has 0 radical (unpaired) electrons. The lowest BCUT2D eigenvalue weighted by Gasteiger charge is -2.18. The summed E-state index contributed by atoms with van der Waals surface area (Å²) >= 11 is 0. The van der Waals surface area contributed by atoms with Crippen molar-refractivity contribution in [2.45, 2.75) is 194 Å². The summed E-state index contributed by atoms with van der Waals surface area (Å²) in [6, 6.07) is 0. The van der Waals surface area contributed by atoms with E-state index >= 15 is 0 Å². The average Bonchev–Trinajstić information content (AvgIpc) is 3.32. The molecule has 368 valence electrons. The van der Waals surface area contributed by atoms with Gasteiger partial charge in [-0.3, -0.25) is 9.59 Å². The summed E-state index contributed by atoms with van der Waals surface area (Å²) in [6.45, 7) is 7.28. The summed E-state index contributed by atoms with van der Waals surface area (Å²) in [5, 5.41) is 0. The van der Waals surface area contributed by atoms with Crippen LogP contribution in [0.15, 0.2) is 158 Å². The number of esters is 2. The van der Waals surface area contributed by atoms with E-state index in [4.69, 9.17) is 14.2 Å². The largest absolute Gasteiger partial charge is 0.462 e. The number of allylic oxidation sites excluding steroid dienone is 25. The normalized spacial score (nSPS) is 13.6. The average molecular weight is 907 g/mol. The second kappa shape index (κ2) is 54.9. The highest BCUT2D eigenvalue weighted by Gasteiger charge is 2.17. The predicted molar refractivity (Wildman–Crippen MR) is 288 cm³/mol. The lowest BCUT2D eigenvalue weighted by atomic mass is 10.1. The molecule has 0 aromatic carbocycles. The first-order chi connectivity index (χ1) is 32.6. The van der Waals surface area contributed by atoms with Crippen LogP contribution in [0.5, 0.6) is 0 Å². The molecule has 0 aliphatic rings. The highest BCUT2D eigenvalue weighted by Crippen LogP contribution is 2.10. The van der Waals surface area contributed by atoms with Gasteiger partial charge in [-0.05, 0) is 122 Å². The highest BCUT2D eigenvalue weighted by molar-refractivity contribution is 5.71. The van der Waals surface area contributed by atoms with Gasteiger partial charge in [-0.1, -0.05) is 211 Å². The van der Waals surface area contributed by atoms with Crippen molar-refractivity contribution >= 4 is 11.9 Å². The molecular formula is C61H94O5. The number of rotatable bonds is 45. The lowest BCUT2D eigenvalue weighted by Crippen LogP contribution is -2.29. The maximum atomic E-state index is 12.8. The fourth-order valence-corrected chi connectivity index (χ4v) is 6.33. The number of carbonyl (C=O) groups is 2. The number of ether oxygens (including phenoxy) is 3. The predicted octanol–water partition coefficient (Wildman–Crippen LogP) is 17.9. The summed E-state index contributed by atoms with van der Waals surface area (Å²) in [7, 11) is 0. The number of unbranched alkanes of at least 4 members (excludes halogenated alkanes) is 9. The number of hydrogen-bond acceptors (Lipinski definition) is 5. The molecule has 0 aliphatic heterocycles. The maximum absolute atomic E-state index is 12.8. The van der Waals surface area contributed by atoms with Crippen LogP contribution in [0.2, 0.25) is 0 Å². The Bertz CT molecular complexity index is 1490. The quantitative estimate of drug-likeness (QED) is 0.0346. The molecule has 0 spiro atoms. The molecule has 5 nitrogen and oxygen atoms in total. The van der Waals surface area contributed by atoms with Crippen LogP contribution in [0.1, 0.15) is 188 Å². The van der Waals surface area contributed by atoms with Gasteiger partial charge in [0.25, 0.3) is 0 Å². The molecule has 0 aromatic heterocycles. The van der Waals surface area contributed by atoms with Crippen LogP contribution in [0.4, 0.5) is 0 Å². The van der Waals surface area contributed by atoms with Gasteiger partial charge in [0, 0.05) is 13.0 Å². The SMILES string of the molecule is CC/C=C\C/C=C\C/C=C\C/C=C\C/C=C\CC(=O)OC(COCCCCCCC/C=C\C/C=C\C/C=C\C/C=C\CC)COC(=O)CCCCCC/C=C\C/C=C\C/C=C\C/C=C\CC. The molecule has 1 unspecified atom stereocenters. The van der Waals surface area contributed by atoms with Crippen LogP contribution in [-0.2, 0) is 23.8 Å². The maximum Gasteiger partial charge on any atom is 0.310 e. The van der Waals surface area contributed by atoms with E-state index in [0.717, 1.165) is 135 Å². The van der Waals surface area contributed by atoms with Gasteiger partial charge in [0.15, 0.2) is 6.10 Å². The molecule has 66 heavy (non-hydrogen) atoms. The Labute approximate surface area is 405 Å². The van der Waals surface area contributed by atoms with Crippen LogP contribution >= 0.6 is 0 Å². The van der Waals surface area contributed by atoms with Crippen LogP contribution < -0.4 is 0 Å². The summed E-state index contributed by atoms with van der Waals surface area (Å²) in [4.78, 5) is 25.4. The first-order valence-corrected chi connectivity index (χ1v) is 26.0. The molecule has 0 N–H and O–H groups in total. The monoisotopic (exact) mass is 907 g/mol. The third kappa shape index (κ3) is 52.1. The van der Waals surface area contributed by atoms with Gasteiger partial charge >= 0.3 is 11.9 Å². The lowest BCUT2D eigenvalue weighted by molar-refractivity contribution is -0.162. The van der Waals surface area contributed by atoms with Crippen LogP contribution in [0.25, 0.3) is 0 Å². The molecule has 0 saturated carbocycles. The first kappa shape index (κ1) is 61.5. The van der Waals surface area contributed by atoms with Crippen molar-refractivity contribution in [3.8, 4) is 0 Å². The Morgan fingerprint density at radius 2 is 0.682 bits per heavy atom. The summed E-state index contributed by atoms with van der Waals surface area (Å²) in [5.41, 5.74) is 0. The Morgan fingerprint density at radius 3 is 1.09 bits per heavy atom. The van der Waals surface area contributed by atoms with Crippen molar-refractivity contribution in [1.29, 1.82) is 0 Å². The van der Waals surface area contributed by atoms with Crippen molar-refractivity contribution in [3.63, 3.8) is 0 Å². The first-order valence-electron chi connectivity index (χ1n) is 26.0. The van der Waals surface area contributed by atoms with Gasteiger partial charge < -0.3 is 14.2 Å². The minimum absolute atomic E-state index is 0.0133. The van der Waals surface area contributed by atoms with Gasteiger partial charge in [-0.2, -0.15) is 0 Å². The van der Waals surface area contributed by atoms with E-state index in [2.05, 4.69) is 167 Å². The van der Waals surface area contributed by atoms with Crippen molar-refractivity contribution in [2.24, 2.45) is 0 Å². The van der Waals surface area contributed by atoms with Crippen molar-refractivity contribution in [2.75, 3.05) is 19.8 Å². The van der Waals surface area contributed by atoms with Gasteiger partial charge in [0.2, 0.25) is 0 Å². The molecule has 0 rings (SSSR count). The molecule has 0 bridgehead atoms. The number of hydrogen-bond donors (Lipinski definition) is 0. The van der Waals surface area contributed by atoms with Crippen LogP contribution in [0.3, 0.4) is 0 Å². The third-order valence-electron chi connectivity index (χ3n) is 10.1. The third-order valence-corrected chi connectivity index (χ3v) is 10.1. The van der Waals surface area contributed by atoms with E-state index in [-0.39, 0.29) is 31.6 Å². The molecular weight excluding hydrogens is 813 g/mol.